The minimum atomic E-state index is -1.22. The zero-order valence-corrected chi connectivity index (χ0v) is 12.3. The number of rotatable bonds is 5. The van der Waals surface area contributed by atoms with E-state index >= 15 is 0 Å². The number of phenols is 1. The smallest absolute Gasteiger partial charge is 0.412 e. The summed E-state index contributed by atoms with van der Waals surface area (Å²) in [5, 5.41) is 21.3. The molecule has 0 aliphatic rings. The third-order valence-corrected chi connectivity index (χ3v) is 2.99. The molecule has 120 valence electrons. The van der Waals surface area contributed by atoms with Gasteiger partial charge < -0.3 is 19.7 Å². The summed E-state index contributed by atoms with van der Waals surface area (Å²) in [5.74, 6) is -1.67. The number of anilines is 1. The molecule has 0 aliphatic heterocycles. The summed E-state index contributed by atoms with van der Waals surface area (Å²) >= 11 is 0. The van der Waals surface area contributed by atoms with Gasteiger partial charge in [0, 0.05) is 0 Å². The lowest BCUT2D eigenvalue weighted by Gasteiger charge is -2.12. The van der Waals surface area contributed by atoms with E-state index in [4.69, 9.17) is 14.6 Å². The Hall–Kier alpha value is -3.22. The molecule has 7 nitrogen and oxygen atoms in total. The van der Waals surface area contributed by atoms with E-state index in [9.17, 15) is 14.7 Å². The molecular formula is C16H15NO6. The highest BCUT2D eigenvalue weighted by atomic mass is 16.5. The molecule has 0 fully saturated rings. The highest BCUT2D eigenvalue weighted by Gasteiger charge is 2.16. The van der Waals surface area contributed by atoms with Crippen LogP contribution in [0.25, 0.3) is 0 Å². The number of carboxylic acid groups (broad SMARTS) is 1. The summed E-state index contributed by atoms with van der Waals surface area (Å²) in [6.45, 7) is 0.0448. The van der Waals surface area contributed by atoms with E-state index in [2.05, 4.69) is 5.32 Å². The molecule has 0 spiro atoms. The number of phenolic OH excluding ortho intramolecular Hbond substituents is 1. The molecule has 0 aromatic heterocycles. The van der Waals surface area contributed by atoms with Crippen LogP contribution in [-0.4, -0.2) is 29.4 Å². The second kappa shape index (κ2) is 7.17. The van der Waals surface area contributed by atoms with Crippen LogP contribution < -0.4 is 10.1 Å². The molecule has 0 aliphatic carbocycles. The minimum Gasteiger partial charge on any atom is -0.503 e. The first-order valence-electron chi connectivity index (χ1n) is 6.63. The van der Waals surface area contributed by atoms with Gasteiger partial charge in [-0.3, -0.25) is 5.32 Å². The highest BCUT2D eigenvalue weighted by Crippen LogP contribution is 2.35. The van der Waals surface area contributed by atoms with Gasteiger partial charge >= 0.3 is 12.1 Å². The molecule has 0 saturated heterocycles. The van der Waals surface area contributed by atoms with Gasteiger partial charge in [-0.15, -0.1) is 0 Å². The molecule has 2 aromatic rings. The lowest BCUT2D eigenvalue weighted by atomic mass is 10.1. The van der Waals surface area contributed by atoms with Gasteiger partial charge in [0.1, 0.15) is 6.61 Å². The minimum absolute atomic E-state index is 0.0448. The quantitative estimate of drug-likeness (QED) is 0.732. The Morgan fingerprint density at radius 3 is 2.48 bits per heavy atom. The number of carbonyl (C=O) groups excluding carboxylic acids is 1. The summed E-state index contributed by atoms with van der Waals surface area (Å²) < 4.78 is 9.89. The maximum Gasteiger partial charge on any atom is 0.412 e. The topological polar surface area (TPSA) is 105 Å². The molecule has 23 heavy (non-hydrogen) atoms. The average molecular weight is 317 g/mol. The van der Waals surface area contributed by atoms with Crippen LogP contribution in [0.4, 0.5) is 10.5 Å². The zero-order valence-electron chi connectivity index (χ0n) is 12.3. The van der Waals surface area contributed by atoms with Crippen molar-refractivity contribution in [3.63, 3.8) is 0 Å². The van der Waals surface area contributed by atoms with Crippen LogP contribution in [0, 0.1) is 0 Å². The molecule has 0 heterocycles. The Balaban J connectivity index is 2.10. The van der Waals surface area contributed by atoms with Gasteiger partial charge in [0.2, 0.25) is 0 Å². The summed E-state index contributed by atoms with van der Waals surface area (Å²) in [4.78, 5) is 22.8. The van der Waals surface area contributed by atoms with Gasteiger partial charge in [0.15, 0.2) is 11.5 Å². The highest BCUT2D eigenvalue weighted by molar-refractivity contribution is 5.94. The van der Waals surface area contributed by atoms with Gasteiger partial charge in [-0.2, -0.15) is 0 Å². The summed E-state index contributed by atoms with van der Waals surface area (Å²) in [5.41, 5.74) is 0.543. The predicted octanol–water partition coefficient (Wildman–Crippen LogP) is 2.85. The molecule has 2 rings (SSSR count). The number of ether oxygens (including phenoxy) is 2. The third kappa shape index (κ3) is 4.13. The molecular weight excluding hydrogens is 302 g/mol. The molecule has 2 aromatic carbocycles. The van der Waals surface area contributed by atoms with E-state index in [0.29, 0.717) is 0 Å². The fourth-order valence-electron chi connectivity index (χ4n) is 1.85. The first kappa shape index (κ1) is 16.2. The lowest BCUT2D eigenvalue weighted by Crippen LogP contribution is -2.14. The molecule has 0 bridgehead atoms. The monoisotopic (exact) mass is 317 g/mol. The Bertz CT molecular complexity index is 714. The van der Waals surface area contributed by atoms with Crippen LogP contribution in [-0.2, 0) is 11.3 Å². The number of methoxy groups -OCH3 is 1. The molecule has 0 unspecified atom stereocenters. The van der Waals surface area contributed by atoms with Crippen LogP contribution in [0.15, 0.2) is 42.5 Å². The second-order valence-corrected chi connectivity index (χ2v) is 4.57. The number of nitrogens with one attached hydrogen (secondary N) is 1. The van der Waals surface area contributed by atoms with Crippen molar-refractivity contribution in [2.45, 2.75) is 6.61 Å². The van der Waals surface area contributed by atoms with Crippen molar-refractivity contribution in [2.75, 3.05) is 12.4 Å². The predicted molar refractivity (Wildman–Crippen MR) is 81.9 cm³/mol. The van der Waals surface area contributed by atoms with Crippen molar-refractivity contribution >= 4 is 17.7 Å². The van der Waals surface area contributed by atoms with Gasteiger partial charge in [-0.05, 0) is 17.7 Å². The number of carboxylic acids is 1. The first-order valence-corrected chi connectivity index (χ1v) is 6.63. The van der Waals surface area contributed by atoms with E-state index in [1.54, 1.807) is 12.1 Å². The van der Waals surface area contributed by atoms with Gasteiger partial charge in [0.25, 0.3) is 0 Å². The van der Waals surface area contributed by atoms with Crippen LogP contribution in [0.5, 0.6) is 11.5 Å². The number of hydrogen-bond donors (Lipinski definition) is 3. The van der Waals surface area contributed by atoms with Crippen LogP contribution >= 0.6 is 0 Å². The number of hydrogen-bond acceptors (Lipinski definition) is 5. The maximum absolute atomic E-state index is 11.8. The van der Waals surface area contributed by atoms with Crippen molar-refractivity contribution in [3.8, 4) is 11.5 Å². The Morgan fingerprint density at radius 2 is 1.87 bits per heavy atom. The average Bonchev–Trinajstić information content (AvgIpc) is 2.55. The Morgan fingerprint density at radius 1 is 1.17 bits per heavy atom. The normalized spacial score (nSPS) is 9.96. The van der Waals surface area contributed by atoms with E-state index in [-0.39, 0.29) is 29.4 Å². The molecule has 3 N–H and O–H groups in total. The van der Waals surface area contributed by atoms with Crippen LogP contribution in [0.2, 0.25) is 0 Å². The van der Waals surface area contributed by atoms with E-state index < -0.39 is 12.1 Å². The van der Waals surface area contributed by atoms with Crippen molar-refractivity contribution < 1.29 is 29.3 Å². The standard InChI is InChI=1S/C16H15NO6/c1-22-13-8-11(15(19)20)7-12(14(13)18)17-16(21)23-9-10-5-3-2-4-6-10/h2-8,18H,9H2,1H3,(H,17,21)(H,19,20). The fraction of sp³-hybridized carbons (Fsp3) is 0.125. The molecule has 0 atom stereocenters. The van der Waals surface area contributed by atoms with Gasteiger partial charge in [-0.25, -0.2) is 9.59 Å². The van der Waals surface area contributed by atoms with Gasteiger partial charge in [-0.1, -0.05) is 30.3 Å². The molecule has 1 amide bonds. The van der Waals surface area contributed by atoms with Crippen molar-refractivity contribution in [1.82, 2.24) is 0 Å². The van der Waals surface area contributed by atoms with Crippen LogP contribution in [0.3, 0.4) is 0 Å². The Kier molecular flexibility index (Phi) is 5.03. The number of aromatic carboxylic acids is 1. The van der Waals surface area contributed by atoms with E-state index in [1.807, 2.05) is 18.2 Å². The number of benzene rings is 2. The number of aromatic hydroxyl groups is 1. The van der Waals surface area contributed by atoms with Crippen molar-refractivity contribution in [3.05, 3.63) is 53.6 Å². The van der Waals surface area contributed by atoms with E-state index in [0.717, 1.165) is 17.7 Å². The molecule has 0 radical (unpaired) electrons. The maximum atomic E-state index is 11.8. The lowest BCUT2D eigenvalue weighted by molar-refractivity contribution is 0.0696. The molecule has 7 heteroatoms. The first-order chi connectivity index (χ1) is 11.0. The van der Waals surface area contributed by atoms with Gasteiger partial charge in [0.05, 0.1) is 18.4 Å². The zero-order chi connectivity index (χ0) is 16.8. The van der Waals surface area contributed by atoms with Crippen LogP contribution in [0.1, 0.15) is 15.9 Å². The second-order valence-electron chi connectivity index (χ2n) is 4.57. The third-order valence-electron chi connectivity index (χ3n) is 2.99. The van der Waals surface area contributed by atoms with Crippen molar-refractivity contribution in [2.24, 2.45) is 0 Å². The van der Waals surface area contributed by atoms with E-state index in [1.165, 1.54) is 7.11 Å². The largest absolute Gasteiger partial charge is 0.503 e. The summed E-state index contributed by atoms with van der Waals surface area (Å²) in [6.07, 6.45) is -0.825. The summed E-state index contributed by atoms with van der Waals surface area (Å²) in [7, 11) is 1.28. The van der Waals surface area contributed by atoms with Crippen molar-refractivity contribution in [1.29, 1.82) is 0 Å². The Labute approximate surface area is 132 Å². The number of carbonyl (C=O) groups is 2. The number of amides is 1. The SMILES string of the molecule is COc1cc(C(=O)O)cc(NC(=O)OCc2ccccc2)c1O. The molecule has 0 saturated carbocycles. The fourth-order valence-corrected chi connectivity index (χ4v) is 1.85. The summed E-state index contributed by atoms with van der Waals surface area (Å²) in [6, 6.07) is 11.3.